The third kappa shape index (κ3) is 4.47. The van der Waals surface area contributed by atoms with Gasteiger partial charge >= 0.3 is 12.1 Å². The van der Waals surface area contributed by atoms with Gasteiger partial charge in [-0.3, -0.25) is 9.59 Å². The van der Waals surface area contributed by atoms with Crippen molar-refractivity contribution in [2.45, 2.75) is 38.1 Å². The minimum absolute atomic E-state index is 0.0485. The number of aliphatic carboxylic acids is 1. The van der Waals surface area contributed by atoms with Crippen molar-refractivity contribution in [1.29, 1.82) is 0 Å². The number of carbonyl (C=O) groups is 3. The quantitative estimate of drug-likeness (QED) is 0.616. The SMILES string of the molecule is CC(NC(=O)OCC1c2ccccc2-c2ccccc21)C(=O)NCC1CCCC1C(=O)O. The molecule has 0 bridgehead atoms. The normalized spacial score (nSPS) is 20.2. The average molecular weight is 437 g/mol. The second-order valence-electron chi connectivity index (χ2n) is 8.57. The van der Waals surface area contributed by atoms with E-state index >= 15 is 0 Å². The number of carboxylic acids is 1. The third-order valence-corrected chi connectivity index (χ3v) is 6.59. The van der Waals surface area contributed by atoms with E-state index < -0.39 is 24.0 Å². The van der Waals surface area contributed by atoms with Crippen molar-refractivity contribution in [3.05, 3.63) is 59.7 Å². The molecule has 2 aliphatic rings. The van der Waals surface area contributed by atoms with E-state index in [0.29, 0.717) is 13.0 Å². The highest BCUT2D eigenvalue weighted by Gasteiger charge is 2.33. The maximum absolute atomic E-state index is 12.4. The number of benzene rings is 2. The van der Waals surface area contributed by atoms with Gasteiger partial charge in [-0.15, -0.1) is 0 Å². The summed E-state index contributed by atoms with van der Waals surface area (Å²) >= 11 is 0. The predicted molar refractivity (Wildman–Crippen MR) is 119 cm³/mol. The van der Waals surface area contributed by atoms with E-state index in [4.69, 9.17) is 4.74 Å². The number of hydrogen-bond acceptors (Lipinski definition) is 4. The van der Waals surface area contributed by atoms with Crippen LogP contribution >= 0.6 is 0 Å². The number of hydrogen-bond donors (Lipinski definition) is 3. The average Bonchev–Trinajstić information content (AvgIpc) is 3.39. The van der Waals surface area contributed by atoms with Crippen LogP contribution in [0.4, 0.5) is 4.79 Å². The molecule has 7 nitrogen and oxygen atoms in total. The molecule has 2 aliphatic carbocycles. The van der Waals surface area contributed by atoms with Crippen LogP contribution in [0.25, 0.3) is 11.1 Å². The van der Waals surface area contributed by atoms with Gasteiger partial charge in [-0.1, -0.05) is 55.0 Å². The highest BCUT2D eigenvalue weighted by molar-refractivity contribution is 5.85. The molecule has 3 N–H and O–H groups in total. The fourth-order valence-corrected chi connectivity index (χ4v) is 4.87. The molecule has 3 atom stereocenters. The molecule has 168 valence electrons. The van der Waals surface area contributed by atoms with Crippen LogP contribution in [0.3, 0.4) is 0 Å². The summed E-state index contributed by atoms with van der Waals surface area (Å²) in [6.07, 6.45) is 1.62. The van der Waals surface area contributed by atoms with Crippen LogP contribution in [0, 0.1) is 11.8 Å². The number of ether oxygens (including phenoxy) is 1. The molecule has 32 heavy (non-hydrogen) atoms. The third-order valence-electron chi connectivity index (χ3n) is 6.59. The molecule has 2 aromatic rings. The Morgan fingerprint density at radius 2 is 1.66 bits per heavy atom. The molecule has 0 aliphatic heterocycles. The first kappa shape index (κ1) is 21.9. The zero-order chi connectivity index (χ0) is 22.7. The van der Waals surface area contributed by atoms with Crippen molar-refractivity contribution in [2.24, 2.45) is 11.8 Å². The molecule has 1 fully saturated rings. The molecule has 7 heteroatoms. The number of amides is 2. The van der Waals surface area contributed by atoms with Gasteiger partial charge in [0.05, 0.1) is 5.92 Å². The molecule has 2 aromatic carbocycles. The summed E-state index contributed by atoms with van der Waals surface area (Å²) in [6, 6.07) is 15.4. The topological polar surface area (TPSA) is 105 Å². The minimum atomic E-state index is -0.813. The lowest BCUT2D eigenvalue weighted by Gasteiger charge is -2.19. The van der Waals surface area contributed by atoms with E-state index in [1.165, 1.54) is 0 Å². The summed E-state index contributed by atoms with van der Waals surface area (Å²) in [6.45, 7) is 2.06. The van der Waals surface area contributed by atoms with Gasteiger partial charge in [-0.05, 0) is 47.9 Å². The number of fused-ring (bicyclic) bond motifs is 3. The Morgan fingerprint density at radius 3 is 2.28 bits per heavy atom. The number of carboxylic acid groups (broad SMARTS) is 1. The second-order valence-corrected chi connectivity index (χ2v) is 8.57. The van der Waals surface area contributed by atoms with Crippen LogP contribution in [0.5, 0.6) is 0 Å². The van der Waals surface area contributed by atoms with E-state index in [9.17, 15) is 19.5 Å². The van der Waals surface area contributed by atoms with Crippen LogP contribution in [0.1, 0.15) is 43.2 Å². The Kier molecular flexibility index (Phi) is 6.44. The van der Waals surface area contributed by atoms with Gasteiger partial charge < -0.3 is 20.5 Å². The molecule has 0 spiro atoms. The van der Waals surface area contributed by atoms with Gasteiger partial charge in [0, 0.05) is 12.5 Å². The van der Waals surface area contributed by atoms with E-state index in [-0.39, 0.29) is 24.3 Å². The lowest BCUT2D eigenvalue weighted by Crippen LogP contribution is -2.46. The van der Waals surface area contributed by atoms with Gasteiger partial charge in [0.2, 0.25) is 5.91 Å². The predicted octanol–water partition coefficient (Wildman–Crippen LogP) is 3.53. The number of rotatable bonds is 7. The molecule has 1 saturated carbocycles. The summed E-state index contributed by atoms with van der Waals surface area (Å²) < 4.78 is 5.48. The lowest BCUT2D eigenvalue weighted by atomic mass is 9.96. The summed E-state index contributed by atoms with van der Waals surface area (Å²) in [4.78, 5) is 36.0. The monoisotopic (exact) mass is 436 g/mol. The van der Waals surface area contributed by atoms with Crippen LogP contribution in [0.2, 0.25) is 0 Å². The molecule has 3 unspecified atom stereocenters. The van der Waals surface area contributed by atoms with Crippen molar-refractivity contribution in [3.63, 3.8) is 0 Å². The van der Waals surface area contributed by atoms with Gasteiger partial charge in [0.15, 0.2) is 0 Å². The summed E-state index contributed by atoms with van der Waals surface area (Å²) in [5, 5.41) is 14.6. The number of carbonyl (C=O) groups excluding carboxylic acids is 2. The molecule has 0 heterocycles. The van der Waals surface area contributed by atoms with Crippen molar-refractivity contribution in [3.8, 4) is 11.1 Å². The molecule has 0 radical (unpaired) electrons. The number of alkyl carbamates (subject to hydrolysis) is 1. The van der Waals surface area contributed by atoms with Crippen LogP contribution in [-0.4, -0.2) is 42.3 Å². The molecular formula is C25H28N2O5. The molecular weight excluding hydrogens is 408 g/mol. The summed E-state index contributed by atoms with van der Waals surface area (Å²) in [7, 11) is 0. The van der Waals surface area contributed by atoms with E-state index in [2.05, 4.69) is 22.8 Å². The van der Waals surface area contributed by atoms with Crippen molar-refractivity contribution < 1.29 is 24.2 Å². The maximum Gasteiger partial charge on any atom is 0.407 e. The van der Waals surface area contributed by atoms with Gasteiger partial charge in [0.25, 0.3) is 0 Å². The Morgan fingerprint density at radius 1 is 1.03 bits per heavy atom. The fraction of sp³-hybridized carbons (Fsp3) is 0.400. The standard InChI is InChI=1S/C25H28N2O5/c1-15(23(28)26-13-16-7-6-12-17(16)24(29)30)27-25(31)32-14-22-20-10-4-2-8-18(20)19-9-3-5-11-21(19)22/h2-5,8-11,15-17,22H,6-7,12-14H2,1H3,(H,26,28)(H,27,31)(H,29,30). The van der Waals surface area contributed by atoms with Gasteiger partial charge in [-0.25, -0.2) is 4.79 Å². The summed E-state index contributed by atoms with van der Waals surface area (Å²) in [5.41, 5.74) is 4.54. The Labute approximate surface area is 187 Å². The van der Waals surface area contributed by atoms with Crippen molar-refractivity contribution in [2.75, 3.05) is 13.2 Å². The number of nitrogens with one attached hydrogen (secondary N) is 2. The second kappa shape index (κ2) is 9.42. The molecule has 2 amide bonds. The molecule has 0 aromatic heterocycles. The van der Waals surface area contributed by atoms with Crippen LogP contribution < -0.4 is 10.6 Å². The molecule has 0 saturated heterocycles. The van der Waals surface area contributed by atoms with Crippen molar-refractivity contribution >= 4 is 18.0 Å². The fourth-order valence-electron chi connectivity index (χ4n) is 4.87. The molecule has 4 rings (SSSR count). The summed E-state index contributed by atoms with van der Waals surface area (Å²) in [5.74, 6) is -1.70. The highest BCUT2D eigenvalue weighted by Crippen LogP contribution is 2.44. The highest BCUT2D eigenvalue weighted by atomic mass is 16.5. The van der Waals surface area contributed by atoms with E-state index in [0.717, 1.165) is 35.1 Å². The van der Waals surface area contributed by atoms with Gasteiger partial charge in [-0.2, -0.15) is 0 Å². The zero-order valence-corrected chi connectivity index (χ0v) is 18.0. The largest absolute Gasteiger partial charge is 0.481 e. The van der Waals surface area contributed by atoms with E-state index in [1.54, 1.807) is 6.92 Å². The smallest absolute Gasteiger partial charge is 0.407 e. The first-order chi connectivity index (χ1) is 15.5. The maximum atomic E-state index is 12.4. The van der Waals surface area contributed by atoms with Crippen molar-refractivity contribution in [1.82, 2.24) is 10.6 Å². The van der Waals surface area contributed by atoms with E-state index in [1.807, 2.05) is 36.4 Å². The minimum Gasteiger partial charge on any atom is -0.481 e. The Balaban J connectivity index is 1.29. The lowest BCUT2D eigenvalue weighted by molar-refractivity contribution is -0.143. The first-order valence-electron chi connectivity index (χ1n) is 11.1. The Bertz CT molecular complexity index is 975. The van der Waals surface area contributed by atoms with Crippen LogP contribution in [0.15, 0.2) is 48.5 Å². The Hall–Kier alpha value is -3.35. The van der Waals surface area contributed by atoms with Crippen LogP contribution in [-0.2, 0) is 14.3 Å². The zero-order valence-electron chi connectivity index (χ0n) is 18.0. The van der Waals surface area contributed by atoms with Gasteiger partial charge in [0.1, 0.15) is 12.6 Å². The first-order valence-corrected chi connectivity index (χ1v) is 11.1.